The quantitative estimate of drug-likeness (QED) is 0.867. The first-order valence-electron chi connectivity index (χ1n) is 9.06. The van der Waals surface area contributed by atoms with E-state index in [2.05, 4.69) is 28.5 Å². The number of aryl methyl sites for hydroxylation is 2. The van der Waals surface area contributed by atoms with Gasteiger partial charge < -0.3 is 5.32 Å². The van der Waals surface area contributed by atoms with Crippen LogP contribution in [0.25, 0.3) is 11.3 Å². The van der Waals surface area contributed by atoms with Gasteiger partial charge in [0.2, 0.25) is 5.91 Å². The summed E-state index contributed by atoms with van der Waals surface area (Å²) < 4.78 is 23.0. The van der Waals surface area contributed by atoms with E-state index in [4.69, 9.17) is 0 Å². The normalized spacial score (nSPS) is 21.3. The van der Waals surface area contributed by atoms with Gasteiger partial charge in [-0.2, -0.15) is 0 Å². The summed E-state index contributed by atoms with van der Waals surface area (Å²) in [6, 6.07) is 6.52. The summed E-state index contributed by atoms with van der Waals surface area (Å²) in [5, 5.41) is 5.35. The Balaban J connectivity index is 1.41. The molecule has 2 aromatic rings. The molecule has 7 heteroatoms. The monoisotopic (exact) mass is 390 g/mol. The van der Waals surface area contributed by atoms with Gasteiger partial charge in [0.05, 0.1) is 17.2 Å². The summed E-state index contributed by atoms with van der Waals surface area (Å²) in [6.45, 7) is 0. The first-order chi connectivity index (χ1) is 12.5. The Kier molecular flexibility index (Phi) is 4.84. The van der Waals surface area contributed by atoms with Gasteiger partial charge in [0.25, 0.3) is 0 Å². The second kappa shape index (κ2) is 7.12. The van der Waals surface area contributed by atoms with Crippen molar-refractivity contribution < 1.29 is 13.2 Å². The van der Waals surface area contributed by atoms with Gasteiger partial charge in [-0.25, -0.2) is 13.4 Å². The molecule has 1 saturated heterocycles. The fraction of sp³-hybridized carbons (Fsp3) is 0.474. The van der Waals surface area contributed by atoms with Crippen molar-refractivity contribution in [2.75, 3.05) is 16.8 Å². The lowest BCUT2D eigenvalue weighted by Crippen LogP contribution is -2.17. The second-order valence-electron chi connectivity index (χ2n) is 7.25. The SMILES string of the molecule is O=C(C[C@H]1CCS(=O)(=O)C1)Nc1nc(-c2ccc3c(c2)CCCC3)cs1. The number of carbonyl (C=O) groups is 1. The molecular formula is C19H22N2O3S2. The molecule has 1 fully saturated rings. The van der Waals surface area contributed by atoms with Crippen molar-refractivity contribution in [2.24, 2.45) is 5.92 Å². The van der Waals surface area contributed by atoms with E-state index >= 15 is 0 Å². The zero-order valence-electron chi connectivity index (χ0n) is 14.5. The third-order valence-corrected chi connectivity index (χ3v) is 7.79. The van der Waals surface area contributed by atoms with Crippen LogP contribution in [0, 0.1) is 5.92 Å². The molecule has 0 unspecified atom stereocenters. The molecule has 1 aliphatic carbocycles. The average Bonchev–Trinajstić information content (AvgIpc) is 3.20. The molecule has 26 heavy (non-hydrogen) atoms. The number of benzene rings is 1. The van der Waals surface area contributed by atoms with Crippen LogP contribution in [-0.2, 0) is 27.5 Å². The Morgan fingerprint density at radius 3 is 2.81 bits per heavy atom. The van der Waals surface area contributed by atoms with Gasteiger partial charge in [-0.1, -0.05) is 12.1 Å². The lowest BCUT2D eigenvalue weighted by atomic mass is 9.90. The molecule has 1 amide bonds. The Bertz CT molecular complexity index is 934. The zero-order chi connectivity index (χ0) is 18.1. The Hall–Kier alpha value is -1.73. The summed E-state index contributed by atoms with van der Waals surface area (Å²) in [5.74, 6) is 0.0992. The molecule has 0 saturated carbocycles. The molecule has 138 valence electrons. The van der Waals surface area contributed by atoms with E-state index in [0.29, 0.717) is 11.6 Å². The van der Waals surface area contributed by atoms with Crippen LogP contribution in [-0.4, -0.2) is 30.8 Å². The average molecular weight is 391 g/mol. The molecule has 1 aliphatic heterocycles. The Labute approximate surface area is 157 Å². The molecule has 0 radical (unpaired) electrons. The molecular weight excluding hydrogens is 368 g/mol. The van der Waals surface area contributed by atoms with E-state index in [9.17, 15) is 13.2 Å². The number of carbonyl (C=O) groups excluding carboxylic acids is 1. The number of amides is 1. The maximum atomic E-state index is 12.2. The number of nitrogens with one attached hydrogen (secondary N) is 1. The van der Waals surface area contributed by atoms with Gasteiger partial charge in [0.1, 0.15) is 0 Å². The minimum atomic E-state index is -2.95. The topological polar surface area (TPSA) is 76.1 Å². The number of aromatic nitrogens is 1. The van der Waals surface area contributed by atoms with E-state index in [1.807, 2.05) is 5.38 Å². The molecule has 2 heterocycles. The van der Waals surface area contributed by atoms with Crippen molar-refractivity contribution in [2.45, 2.75) is 38.5 Å². The van der Waals surface area contributed by atoms with Crippen molar-refractivity contribution in [3.8, 4) is 11.3 Å². The number of anilines is 1. The van der Waals surface area contributed by atoms with Crippen LogP contribution >= 0.6 is 11.3 Å². The van der Waals surface area contributed by atoms with Crippen molar-refractivity contribution in [3.05, 3.63) is 34.7 Å². The number of thiazole rings is 1. The molecule has 5 nitrogen and oxygen atoms in total. The summed E-state index contributed by atoms with van der Waals surface area (Å²) in [7, 11) is -2.95. The Morgan fingerprint density at radius 1 is 1.23 bits per heavy atom. The fourth-order valence-corrected chi connectivity index (χ4v) is 6.42. The molecule has 1 aromatic carbocycles. The van der Waals surface area contributed by atoms with E-state index in [1.54, 1.807) is 0 Å². The summed E-state index contributed by atoms with van der Waals surface area (Å²) in [5.41, 5.74) is 4.82. The molecule has 1 atom stereocenters. The molecule has 4 rings (SSSR count). The van der Waals surface area contributed by atoms with Crippen molar-refractivity contribution >= 4 is 32.2 Å². The first kappa shape index (κ1) is 17.7. The predicted molar refractivity (Wildman–Crippen MR) is 104 cm³/mol. The van der Waals surface area contributed by atoms with Crippen LogP contribution in [0.4, 0.5) is 5.13 Å². The molecule has 2 aliphatic rings. The lowest BCUT2D eigenvalue weighted by molar-refractivity contribution is -0.116. The van der Waals surface area contributed by atoms with Gasteiger partial charge in [-0.3, -0.25) is 4.79 Å². The summed E-state index contributed by atoms with van der Waals surface area (Å²) in [4.78, 5) is 16.7. The maximum Gasteiger partial charge on any atom is 0.226 e. The smallest absolute Gasteiger partial charge is 0.226 e. The minimum Gasteiger partial charge on any atom is -0.302 e. The van der Waals surface area contributed by atoms with Gasteiger partial charge >= 0.3 is 0 Å². The van der Waals surface area contributed by atoms with Crippen LogP contribution in [0.15, 0.2) is 23.6 Å². The number of rotatable bonds is 4. The largest absolute Gasteiger partial charge is 0.302 e. The standard InChI is InChI=1S/C19H22N2O3S2/c22-18(9-13-7-8-26(23,24)12-13)21-19-20-17(11-25-19)16-6-5-14-3-1-2-4-15(14)10-16/h5-6,10-11,13H,1-4,7-9,12H2,(H,20,21,22)/t13-/m1/s1. The van der Waals surface area contributed by atoms with Gasteiger partial charge in [-0.15, -0.1) is 11.3 Å². The van der Waals surface area contributed by atoms with Crippen LogP contribution in [0.3, 0.4) is 0 Å². The number of fused-ring (bicyclic) bond motifs is 1. The molecule has 0 bridgehead atoms. The highest BCUT2D eigenvalue weighted by Crippen LogP contribution is 2.30. The molecule has 1 aromatic heterocycles. The fourth-order valence-electron chi connectivity index (χ4n) is 3.82. The molecule has 1 N–H and O–H groups in total. The van der Waals surface area contributed by atoms with Gasteiger partial charge in [0.15, 0.2) is 15.0 Å². The van der Waals surface area contributed by atoms with E-state index < -0.39 is 9.84 Å². The maximum absolute atomic E-state index is 12.2. The Morgan fingerprint density at radius 2 is 2.04 bits per heavy atom. The van der Waals surface area contributed by atoms with E-state index in [-0.39, 0.29) is 29.8 Å². The summed E-state index contributed by atoms with van der Waals surface area (Å²) >= 11 is 1.41. The van der Waals surface area contributed by atoms with E-state index in [0.717, 1.165) is 24.1 Å². The van der Waals surface area contributed by atoms with Gasteiger partial charge in [-0.05, 0) is 55.2 Å². The third kappa shape index (κ3) is 3.99. The van der Waals surface area contributed by atoms with Crippen LogP contribution in [0.5, 0.6) is 0 Å². The number of sulfone groups is 1. The lowest BCUT2D eigenvalue weighted by Gasteiger charge is -2.16. The number of nitrogens with zero attached hydrogens (tertiary/aromatic N) is 1. The van der Waals surface area contributed by atoms with Gasteiger partial charge in [0, 0.05) is 17.4 Å². The summed E-state index contributed by atoms with van der Waals surface area (Å²) in [6.07, 6.45) is 5.61. The highest BCUT2D eigenvalue weighted by Gasteiger charge is 2.29. The second-order valence-corrected chi connectivity index (χ2v) is 10.3. The highest BCUT2D eigenvalue weighted by atomic mass is 32.2. The molecule has 0 spiro atoms. The van der Waals surface area contributed by atoms with Crippen LogP contribution in [0.2, 0.25) is 0 Å². The van der Waals surface area contributed by atoms with Crippen molar-refractivity contribution in [1.82, 2.24) is 4.98 Å². The van der Waals surface area contributed by atoms with Crippen molar-refractivity contribution in [1.29, 1.82) is 0 Å². The third-order valence-electron chi connectivity index (χ3n) is 5.20. The first-order valence-corrected chi connectivity index (χ1v) is 11.8. The number of hydrogen-bond acceptors (Lipinski definition) is 5. The van der Waals surface area contributed by atoms with Crippen LogP contribution < -0.4 is 5.32 Å². The number of hydrogen-bond donors (Lipinski definition) is 1. The predicted octanol–water partition coefficient (Wildman–Crippen LogP) is 3.45. The minimum absolute atomic E-state index is 0.0694. The zero-order valence-corrected chi connectivity index (χ0v) is 16.2. The van der Waals surface area contributed by atoms with E-state index in [1.165, 1.54) is 35.3 Å². The van der Waals surface area contributed by atoms with Crippen LogP contribution in [0.1, 0.15) is 36.8 Å². The van der Waals surface area contributed by atoms with Crippen molar-refractivity contribution in [3.63, 3.8) is 0 Å². The highest BCUT2D eigenvalue weighted by molar-refractivity contribution is 7.91.